The Morgan fingerprint density at radius 3 is 1.75 bits per heavy atom. The molecule has 3 heterocycles. The van der Waals surface area contributed by atoms with E-state index in [-0.39, 0.29) is 0 Å². The van der Waals surface area contributed by atoms with Crippen molar-refractivity contribution in [2.45, 2.75) is 12.3 Å². The van der Waals surface area contributed by atoms with Crippen LogP contribution in [0.5, 0.6) is 0 Å². The molecule has 0 aliphatic heterocycles. The molecule has 0 saturated carbocycles. The van der Waals surface area contributed by atoms with Crippen molar-refractivity contribution >= 4 is 65.6 Å². The van der Waals surface area contributed by atoms with Gasteiger partial charge in [-0.3, -0.25) is 0 Å². The monoisotopic (exact) mass is 652 g/mol. The Bertz CT molecular complexity index is 3070. The normalized spacial score (nSPS) is 14.6. The molecule has 1 aliphatic carbocycles. The van der Waals surface area contributed by atoms with Gasteiger partial charge in [-0.05, 0) is 95.9 Å². The number of benzene rings is 7. The standard InChI is InChI=1S/C48H32N2O/c1-2-11-31(12-3-1)32-21-24-45-40(27-32)37-15-4-7-18-43(37)49(45)35-13-10-14-36(30-35)50-44-19-8-5-16-38(44)41-28-33(22-25-46(41)50)34-23-26-48-42(29-34)39-17-6-9-20-47(39)51-48/h1-11,13-31H,12H2. The van der Waals surface area contributed by atoms with Gasteiger partial charge < -0.3 is 13.6 Å². The number of rotatable bonds is 4. The lowest BCUT2D eigenvalue weighted by atomic mass is 9.91. The van der Waals surface area contributed by atoms with Crippen LogP contribution in [0.1, 0.15) is 17.9 Å². The molecule has 240 valence electrons. The first-order valence-corrected chi connectivity index (χ1v) is 17.7. The second-order valence-corrected chi connectivity index (χ2v) is 13.7. The van der Waals surface area contributed by atoms with Gasteiger partial charge in [0.15, 0.2) is 0 Å². The first kappa shape index (κ1) is 28.3. The number of hydrogen-bond donors (Lipinski definition) is 0. The molecule has 1 unspecified atom stereocenters. The second kappa shape index (κ2) is 11.0. The highest BCUT2D eigenvalue weighted by molar-refractivity contribution is 6.12. The van der Waals surface area contributed by atoms with E-state index in [9.17, 15) is 0 Å². The summed E-state index contributed by atoms with van der Waals surface area (Å²) in [4.78, 5) is 0. The predicted octanol–water partition coefficient (Wildman–Crippen LogP) is 13.0. The van der Waals surface area contributed by atoms with Crippen LogP contribution in [0.2, 0.25) is 0 Å². The van der Waals surface area contributed by atoms with Gasteiger partial charge in [-0.2, -0.15) is 0 Å². The molecule has 3 aromatic heterocycles. The topological polar surface area (TPSA) is 23.0 Å². The average molecular weight is 653 g/mol. The second-order valence-electron chi connectivity index (χ2n) is 13.7. The third-order valence-electron chi connectivity index (χ3n) is 10.8. The van der Waals surface area contributed by atoms with Crippen molar-refractivity contribution < 1.29 is 4.42 Å². The van der Waals surface area contributed by atoms with Crippen molar-refractivity contribution in [1.82, 2.24) is 9.13 Å². The summed E-state index contributed by atoms with van der Waals surface area (Å²) < 4.78 is 11.0. The van der Waals surface area contributed by atoms with Crippen LogP contribution in [-0.4, -0.2) is 9.13 Å². The molecule has 0 amide bonds. The van der Waals surface area contributed by atoms with E-state index in [1.165, 1.54) is 60.3 Å². The van der Waals surface area contributed by atoms with Crippen LogP contribution in [0.15, 0.2) is 180 Å². The minimum absolute atomic E-state index is 0.411. The molecule has 51 heavy (non-hydrogen) atoms. The van der Waals surface area contributed by atoms with Gasteiger partial charge in [0.05, 0.1) is 22.1 Å². The molecule has 0 radical (unpaired) electrons. The van der Waals surface area contributed by atoms with Crippen LogP contribution in [0.4, 0.5) is 0 Å². The number of para-hydroxylation sites is 3. The number of allylic oxidation sites excluding steroid dienone is 4. The van der Waals surface area contributed by atoms with Gasteiger partial charge >= 0.3 is 0 Å². The van der Waals surface area contributed by atoms with E-state index in [0.717, 1.165) is 39.7 Å². The summed E-state index contributed by atoms with van der Waals surface area (Å²) >= 11 is 0. The van der Waals surface area contributed by atoms with Crippen LogP contribution >= 0.6 is 0 Å². The maximum Gasteiger partial charge on any atom is 0.135 e. The largest absolute Gasteiger partial charge is 0.456 e. The highest BCUT2D eigenvalue weighted by Gasteiger charge is 2.18. The van der Waals surface area contributed by atoms with E-state index >= 15 is 0 Å². The molecule has 11 rings (SSSR count). The smallest absolute Gasteiger partial charge is 0.135 e. The van der Waals surface area contributed by atoms with Gasteiger partial charge in [0.2, 0.25) is 0 Å². The number of nitrogens with zero attached hydrogens (tertiary/aromatic N) is 2. The Kier molecular flexibility index (Phi) is 6.08. The summed E-state index contributed by atoms with van der Waals surface area (Å²) in [6.07, 6.45) is 9.94. The van der Waals surface area contributed by atoms with Gasteiger partial charge in [0.1, 0.15) is 11.2 Å². The van der Waals surface area contributed by atoms with Crippen molar-refractivity contribution in [1.29, 1.82) is 0 Å². The molecule has 7 aromatic carbocycles. The van der Waals surface area contributed by atoms with Crippen molar-refractivity contribution in [3.05, 3.63) is 182 Å². The Hall–Kier alpha value is -6.58. The highest BCUT2D eigenvalue weighted by Crippen LogP contribution is 2.39. The van der Waals surface area contributed by atoms with Gasteiger partial charge in [0.25, 0.3) is 0 Å². The zero-order valence-electron chi connectivity index (χ0n) is 27.8. The fourth-order valence-corrected chi connectivity index (χ4v) is 8.43. The Labute approximate surface area is 294 Å². The van der Waals surface area contributed by atoms with E-state index in [1.54, 1.807) is 0 Å². The summed E-state index contributed by atoms with van der Waals surface area (Å²) in [6, 6.07) is 55.3. The lowest BCUT2D eigenvalue weighted by molar-refractivity contribution is 0.669. The highest BCUT2D eigenvalue weighted by atomic mass is 16.3. The third kappa shape index (κ3) is 4.31. The van der Waals surface area contributed by atoms with Crippen LogP contribution in [0, 0.1) is 0 Å². The van der Waals surface area contributed by atoms with Crippen molar-refractivity contribution in [2.75, 3.05) is 0 Å². The molecule has 3 heteroatoms. The summed E-state index contributed by atoms with van der Waals surface area (Å²) in [6.45, 7) is 0. The average Bonchev–Trinajstić information content (AvgIpc) is 3.85. The SMILES string of the molecule is C1=CCC(c2ccc3c(c2)c2ccccc2n3-c2cccc(-n3c4ccccc4c4cc(-c5ccc6oc7ccccc7c6c5)ccc43)c2)C=C1. The molecule has 0 saturated heterocycles. The van der Waals surface area contributed by atoms with Crippen molar-refractivity contribution in [3.63, 3.8) is 0 Å². The molecule has 0 bridgehead atoms. The molecular weight excluding hydrogens is 621 g/mol. The van der Waals surface area contributed by atoms with Gasteiger partial charge in [-0.25, -0.2) is 0 Å². The first-order chi connectivity index (χ1) is 25.3. The minimum atomic E-state index is 0.411. The molecular formula is C48H32N2O. The number of fused-ring (bicyclic) bond motifs is 9. The van der Waals surface area contributed by atoms with E-state index in [0.29, 0.717) is 5.92 Å². The zero-order valence-corrected chi connectivity index (χ0v) is 27.8. The fraction of sp³-hybridized carbons (Fsp3) is 0.0417. The minimum Gasteiger partial charge on any atom is -0.456 e. The molecule has 3 nitrogen and oxygen atoms in total. The fourth-order valence-electron chi connectivity index (χ4n) is 8.43. The van der Waals surface area contributed by atoms with Gasteiger partial charge in [-0.1, -0.05) is 103 Å². The van der Waals surface area contributed by atoms with Crippen LogP contribution in [0.25, 0.3) is 88.1 Å². The van der Waals surface area contributed by atoms with Crippen LogP contribution in [0.3, 0.4) is 0 Å². The Morgan fingerprint density at radius 1 is 0.431 bits per heavy atom. The number of furan rings is 1. The molecule has 1 atom stereocenters. The molecule has 10 aromatic rings. The first-order valence-electron chi connectivity index (χ1n) is 17.7. The van der Waals surface area contributed by atoms with E-state index in [2.05, 4.69) is 173 Å². The summed E-state index contributed by atoms with van der Waals surface area (Å²) in [5, 5.41) is 7.34. The third-order valence-corrected chi connectivity index (χ3v) is 10.8. The zero-order chi connectivity index (χ0) is 33.5. The Morgan fingerprint density at radius 2 is 1.02 bits per heavy atom. The molecule has 1 aliphatic rings. The van der Waals surface area contributed by atoms with E-state index in [1.807, 2.05) is 12.1 Å². The molecule has 0 N–H and O–H groups in total. The van der Waals surface area contributed by atoms with Crippen LogP contribution in [-0.2, 0) is 0 Å². The molecule has 0 spiro atoms. The van der Waals surface area contributed by atoms with Crippen molar-refractivity contribution in [2.24, 2.45) is 0 Å². The maximum atomic E-state index is 6.13. The Balaban J connectivity index is 1.07. The summed E-state index contributed by atoms with van der Waals surface area (Å²) in [5.41, 5.74) is 12.7. The molecule has 0 fully saturated rings. The van der Waals surface area contributed by atoms with Gasteiger partial charge in [0, 0.05) is 49.6 Å². The van der Waals surface area contributed by atoms with E-state index < -0.39 is 0 Å². The lowest BCUT2D eigenvalue weighted by Gasteiger charge is -2.15. The number of aromatic nitrogens is 2. The van der Waals surface area contributed by atoms with Crippen molar-refractivity contribution in [3.8, 4) is 22.5 Å². The van der Waals surface area contributed by atoms with Gasteiger partial charge in [-0.15, -0.1) is 0 Å². The summed E-state index contributed by atoms with van der Waals surface area (Å²) in [5.74, 6) is 0.411. The quantitative estimate of drug-likeness (QED) is 0.186. The number of hydrogen-bond acceptors (Lipinski definition) is 1. The van der Waals surface area contributed by atoms with Crippen LogP contribution < -0.4 is 0 Å². The maximum absolute atomic E-state index is 6.13. The summed E-state index contributed by atoms with van der Waals surface area (Å²) in [7, 11) is 0. The lowest BCUT2D eigenvalue weighted by Crippen LogP contribution is -1.99. The predicted molar refractivity (Wildman–Crippen MR) is 213 cm³/mol. The van der Waals surface area contributed by atoms with E-state index in [4.69, 9.17) is 4.42 Å².